The molecule has 0 atom stereocenters. The van der Waals surface area contributed by atoms with Crippen LogP contribution in [0.3, 0.4) is 0 Å². The first-order valence-electron chi connectivity index (χ1n) is 7.48. The maximum Gasteiger partial charge on any atom is 0.285 e. The number of hydrogen-bond acceptors (Lipinski definition) is 5. The molecule has 0 spiro atoms. The van der Waals surface area contributed by atoms with Crippen LogP contribution in [0.4, 0.5) is 0 Å². The zero-order chi connectivity index (χ0) is 17.9. The Hall–Kier alpha value is -3.18. The first-order chi connectivity index (χ1) is 12.0. The Balaban J connectivity index is 1.95. The number of benzene rings is 2. The van der Waals surface area contributed by atoms with E-state index in [1.807, 2.05) is 6.07 Å². The van der Waals surface area contributed by atoms with Gasteiger partial charge >= 0.3 is 0 Å². The lowest BCUT2D eigenvalue weighted by molar-refractivity contribution is 0.0872. The summed E-state index contributed by atoms with van der Waals surface area (Å²) in [6.07, 6.45) is 0.0936. The summed E-state index contributed by atoms with van der Waals surface area (Å²) in [5.74, 6) is -0.307. The predicted octanol–water partition coefficient (Wildman–Crippen LogP) is 1.70. The maximum absolute atomic E-state index is 12.4. The Kier molecular flexibility index (Phi) is 4.50. The topological polar surface area (TPSA) is 103 Å². The minimum atomic E-state index is -3.81. The molecule has 1 aliphatic rings. The molecule has 126 valence electrons. The van der Waals surface area contributed by atoms with E-state index in [-0.39, 0.29) is 23.7 Å². The number of carbonyl (C=O) groups excluding carboxylic acids is 1. The number of sulfonamides is 1. The number of rotatable bonds is 3. The molecular formula is C17H14N4O3S. The van der Waals surface area contributed by atoms with Crippen molar-refractivity contribution in [3.8, 4) is 6.07 Å². The number of fused-ring (bicyclic) bond motifs is 1. The van der Waals surface area contributed by atoms with Crippen molar-refractivity contribution < 1.29 is 13.2 Å². The Morgan fingerprint density at radius 1 is 1.12 bits per heavy atom. The average molecular weight is 354 g/mol. The highest BCUT2D eigenvalue weighted by Gasteiger charge is 2.32. The standard InChI is InChI=1S/C17H14N4O3S/c18-11-6-12-21(19-17(22)13-7-2-1-3-8-13)16-14-9-4-5-10-15(14)25(23,24)20-16/h1-5,7-10H,6,12H2,(H,19,22). The smallest absolute Gasteiger partial charge is 0.267 e. The molecular weight excluding hydrogens is 340 g/mol. The van der Waals surface area contributed by atoms with Gasteiger partial charge < -0.3 is 0 Å². The molecule has 0 saturated carbocycles. The van der Waals surface area contributed by atoms with Crippen molar-refractivity contribution in [1.29, 1.82) is 5.26 Å². The number of amides is 1. The fraction of sp³-hybridized carbons (Fsp3) is 0.118. The van der Waals surface area contributed by atoms with Crippen molar-refractivity contribution in [1.82, 2.24) is 10.4 Å². The van der Waals surface area contributed by atoms with E-state index in [0.717, 1.165) is 0 Å². The van der Waals surface area contributed by atoms with Crippen molar-refractivity contribution in [2.75, 3.05) is 6.54 Å². The lowest BCUT2D eigenvalue weighted by Gasteiger charge is -2.24. The third kappa shape index (κ3) is 3.36. The SMILES string of the molecule is N#CCCN(NC(=O)c1ccccc1)C1=NS(=O)(=O)c2ccccc21. The van der Waals surface area contributed by atoms with E-state index in [9.17, 15) is 13.2 Å². The monoisotopic (exact) mass is 354 g/mol. The van der Waals surface area contributed by atoms with E-state index in [1.54, 1.807) is 48.5 Å². The summed E-state index contributed by atoms with van der Waals surface area (Å²) in [4.78, 5) is 12.5. The van der Waals surface area contributed by atoms with Crippen LogP contribution in [0.5, 0.6) is 0 Å². The molecule has 0 aliphatic carbocycles. The molecule has 1 heterocycles. The summed E-state index contributed by atoms with van der Waals surface area (Å²) in [5, 5.41) is 10.2. The van der Waals surface area contributed by atoms with Crippen LogP contribution in [0.2, 0.25) is 0 Å². The zero-order valence-corrected chi connectivity index (χ0v) is 13.9. The molecule has 0 aromatic heterocycles. The highest BCUT2D eigenvalue weighted by molar-refractivity contribution is 7.90. The average Bonchev–Trinajstić information content (AvgIpc) is 2.91. The Morgan fingerprint density at radius 3 is 2.52 bits per heavy atom. The third-order valence-corrected chi connectivity index (χ3v) is 4.91. The molecule has 0 radical (unpaired) electrons. The molecule has 0 saturated heterocycles. The normalized spacial score (nSPS) is 14.1. The minimum Gasteiger partial charge on any atom is -0.267 e. The van der Waals surface area contributed by atoms with E-state index in [2.05, 4.69) is 9.82 Å². The molecule has 0 fully saturated rings. The highest BCUT2D eigenvalue weighted by Crippen LogP contribution is 2.27. The first-order valence-corrected chi connectivity index (χ1v) is 8.92. The van der Waals surface area contributed by atoms with Crippen LogP contribution in [0.25, 0.3) is 0 Å². The zero-order valence-electron chi connectivity index (χ0n) is 13.1. The van der Waals surface area contributed by atoms with E-state index in [0.29, 0.717) is 11.1 Å². The van der Waals surface area contributed by atoms with Gasteiger partial charge in [-0.3, -0.25) is 15.2 Å². The van der Waals surface area contributed by atoms with Crippen molar-refractivity contribution in [2.24, 2.45) is 4.40 Å². The second kappa shape index (κ2) is 6.75. The largest absolute Gasteiger partial charge is 0.285 e. The fourth-order valence-electron chi connectivity index (χ4n) is 2.44. The van der Waals surface area contributed by atoms with Crippen molar-refractivity contribution in [3.63, 3.8) is 0 Å². The van der Waals surface area contributed by atoms with Crippen LogP contribution in [0.1, 0.15) is 22.3 Å². The van der Waals surface area contributed by atoms with Crippen LogP contribution >= 0.6 is 0 Å². The van der Waals surface area contributed by atoms with Gasteiger partial charge in [-0.05, 0) is 24.3 Å². The number of nitrogens with zero attached hydrogens (tertiary/aromatic N) is 3. The molecule has 1 N–H and O–H groups in total. The van der Waals surface area contributed by atoms with Gasteiger partial charge in [0.15, 0.2) is 5.84 Å². The molecule has 1 amide bonds. The highest BCUT2D eigenvalue weighted by atomic mass is 32.2. The molecule has 2 aromatic carbocycles. The lowest BCUT2D eigenvalue weighted by atomic mass is 10.2. The quantitative estimate of drug-likeness (QED) is 0.845. The van der Waals surface area contributed by atoms with E-state index >= 15 is 0 Å². The van der Waals surface area contributed by atoms with E-state index in [1.165, 1.54) is 11.1 Å². The van der Waals surface area contributed by atoms with Gasteiger partial charge in [-0.2, -0.15) is 13.7 Å². The number of carbonyl (C=O) groups is 1. The summed E-state index contributed by atoms with van der Waals surface area (Å²) >= 11 is 0. The Morgan fingerprint density at radius 2 is 1.80 bits per heavy atom. The number of hydrazine groups is 1. The fourth-order valence-corrected chi connectivity index (χ4v) is 3.65. The second-order valence-electron chi connectivity index (χ2n) is 5.25. The molecule has 7 nitrogen and oxygen atoms in total. The summed E-state index contributed by atoms with van der Waals surface area (Å²) < 4.78 is 28.2. The Labute approximate surface area is 145 Å². The van der Waals surface area contributed by atoms with Gasteiger partial charge in [-0.15, -0.1) is 4.40 Å². The van der Waals surface area contributed by atoms with Crippen LogP contribution in [-0.4, -0.2) is 31.7 Å². The van der Waals surface area contributed by atoms with Gasteiger partial charge in [0.1, 0.15) is 4.90 Å². The maximum atomic E-state index is 12.4. The molecule has 0 unspecified atom stereocenters. The third-order valence-electron chi connectivity index (χ3n) is 3.59. The Bertz CT molecular complexity index is 978. The molecule has 3 rings (SSSR count). The van der Waals surface area contributed by atoms with Crippen molar-refractivity contribution in [2.45, 2.75) is 11.3 Å². The number of hydrogen-bond donors (Lipinski definition) is 1. The van der Waals surface area contributed by atoms with Crippen molar-refractivity contribution >= 4 is 21.8 Å². The van der Waals surface area contributed by atoms with Crippen LogP contribution in [0, 0.1) is 11.3 Å². The van der Waals surface area contributed by atoms with Gasteiger partial charge in [-0.25, -0.2) is 0 Å². The number of amidine groups is 1. The number of nitriles is 1. The van der Waals surface area contributed by atoms with Crippen molar-refractivity contribution in [3.05, 3.63) is 65.7 Å². The molecule has 25 heavy (non-hydrogen) atoms. The summed E-state index contributed by atoms with van der Waals surface area (Å²) in [5.41, 5.74) is 3.45. The second-order valence-corrected chi connectivity index (χ2v) is 6.83. The van der Waals surface area contributed by atoms with Crippen LogP contribution in [-0.2, 0) is 10.0 Å². The summed E-state index contributed by atoms with van der Waals surface area (Å²) in [6.45, 7) is 0.109. The van der Waals surface area contributed by atoms with E-state index < -0.39 is 15.9 Å². The van der Waals surface area contributed by atoms with Gasteiger partial charge in [0.2, 0.25) is 0 Å². The van der Waals surface area contributed by atoms with E-state index in [4.69, 9.17) is 5.26 Å². The molecule has 8 heteroatoms. The predicted molar refractivity (Wildman–Crippen MR) is 91.0 cm³/mol. The van der Waals surface area contributed by atoms with Gasteiger partial charge in [-0.1, -0.05) is 30.3 Å². The lowest BCUT2D eigenvalue weighted by Crippen LogP contribution is -2.46. The van der Waals surface area contributed by atoms with Crippen LogP contribution < -0.4 is 5.43 Å². The molecule has 1 aliphatic heterocycles. The molecule has 0 bridgehead atoms. The summed E-state index contributed by atoms with van der Waals surface area (Å²) in [6, 6.07) is 16.9. The first kappa shape index (κ1) is 16.7. The van der Waals surface area contributed by atoms with Crippen LogP contribution in [0.15, 0.2) is 63.9 Å². The van der Waals surface area contributed by atoms with Gasteiger partial charge in [0, 0.05) is 11.1 Å². The summed E-state index contributed by atoms with van der Waals surface area (Å²) in [7, 11) is -3.81. The van der Waals surface area contributed by atoms with Gasteiger partial charge in [0.25, 0.3) is 15.9 Å². The van der Waals surface area contributed by atoms with Gasteiger partial charge in [0.05, 0.1) is 19.0 Å². The minimum absolute atomic E-state index is 0.0842. The molecule has 2 aromatic rings. The number of nitrogens with one attached hydrogen (secondary N) is 1.